The minimum Gasteiger partial charge on any atom is -0.477 e. The lowest BCUT2D eigenvalue weighted by Gasteiger charge is -1.95. The van der Waals surface area contributed by atoms with Crippen molar-refractivity contribution in [3.05, 3.63) is 29.8 Å². The predicted molar refractivity (Wildman–Crippen MR) is 49.3 cm³/mol. The number of aromatic carboxylic acids is 1. The third-order valence-corrected chi connectivity index (χ3v) is 2.01. The molecule has 0 amide bonds. The predicted octanol–water partition coefficient (Wildman–Crippen LogP) is 0.990. The standard InChI is InChI=1S/C9H9N3O2/c1-2-6-7(8(13)14)12-5-3-4-10-9(12)11-6/h3-5H,2H2,1H3,(H,13,14). The molecule has 2 heterocycles. The molecule has 2 aromatic heterocycles. The van der Waals surface area contributed by atoms with E-state index in [1.54, 1.807) is 18.5 Å². The zero-order chi connectivity index (χ0) is 10.1. The Labute approximate surface area is 80.0 Å². The normalized spacial score (nSPS) is 10.6. The van der Waals surface area contributed by atoms with Gasteiger partial charge in [-0.05, 0) is 12.5 Å². The number of rotatable bonds is 2. The Morgan fingerprint density at radius 3 is 3.07 bits per heavy atom. The molecular formula is C9H9N3O2. The first-order valence-corrected chi connectivity index (χ1v) is 4.29. The molecule has 0 fully saturated rings. The molecule has 2 aromatic rings. The molecule has 0 spiro atoms. The minimum absolute atomic E-state index is 0.204. The van der Waals surface area contributed by atoms with E-state index in [2.05, 4.69) is 9.97 Å². The van der Waals surface area contributed by atoms with Crippen LogP contribution in [0.3, 0.4) is 0 Å². The second-order valence-electron chi connectivity index (χ2n) is 2.86. The summed E-state index contributed by atoms with van der Waals surface area (Å²) in [6.07, 6.45) is 3.83. The molecule has 0 aliphatic carbocycles. The van der Waals surface area contributed by atoms with Crippen LogP contribution in [0.25, 0.3) is 5.78 Å². The van der Waals surface area contributed by atoms with Gasteiger partial charge in [0.15, 0.2) is 5.69 Å². The lowest BCUT2D eigenvalue weighted by atomic mass is 10.2. The van der Waals surface area contributed by atoms with E-state index in [9.17, 15) is 4.79 Å². The van der Waals surface area contributed by atoms with Crippen LogP contribution in [0.4, 0.5) is 0 Å². The van der Waals surface area contributed by atoms with Gasteiger partial charge in [-0.1, -0.05) is 6.92 Å². The van der Waals surface area contributed by atoms with Crippen LogP contribution in [0.15, 0.2) is 18.5 Å². The van der Waals surface area contributed by atoms with Crippen molar-refractivity contribution in [2.24, 2.45) is 0 Å². The quantitative estimate of drug-likeness (QED) is 0.768. The summed E-state index contributed by atoms with van der Waals surface area (Å²) < 4.78 is 1.49. The van der Waals surface area contributed by atoms with Gasteiger partial charge >= 0.3 is 5.97 Å². The van der Waals surface area contributed by atoms with Gasteiger partial charge in [0.2, 0.25) is 5.78 Å². The molecule has 0 saturated carbocycles. The second kappa shape index (κ2) is 3.10. The maximum absolute atomic E-state index is 11.0. The molecule has 0 aromatic carbocycles. The average Bonchev–Trinajstić information content (AvgIpc) is 2.55. The van der Waals surface area contributed by atoms with Crippen LogP contribution in [-0.2, 0) is 6.42 Å². The Morgan fingerprint density at radius 1 is 1.64 bits per heavy atom. The number of aromatic nitrogens is 3. The maximum atomic E-state index is 11.0. The topological polar surface area (TPSA) is 67.5 Å². The van der Waals surface area contributed by atoms with Crippen LogP contribution in [0.5, 0.6) is 0 Å². The van der Waals surface area contributed by atoms with Gasteiger partial charge in [-0.3, -0.25) is 4.40 Å². The highest BCUT2D eigenvalue weighted by molar-refractivity contribution is 5.88. The Kier molecular flexibility index (Phi) is 1.92. The molecule has 5 heteroatoms. The third kappa shape index (κ3) is 1.14. The molecule has 0 radical (unpaired) electrons. The van der Waals surface area contributed by atoms with E-state index in [4.69, 9.17) is 5.11 Å². The summed E-state index contributed by atoms with van der Waals surface area (Å²) in [6.45, 7) is 1.87. The van der Waals surface area contributed by atoms with Gasteiger partial charge in [0.05, 0.1) is 5.69 Å². The molecule has 2 rings (SSSR count). The number of nitrogens with zero attached hydrogens (tertiary/aromatic N) is 3. The van der Waals surface area contributed by atoms with Crippen LogP contribution in [-0.4, -0.2) is 25.4 Å². The van der Waals surface area contributed by atoms with Gasteiger partial charge in [-0.2, -0.15) is 0 Å². The van der Waals surface area contributed by atoms with Crippen molar-refractivity contribution in [3.63, 3.8) is 0 Å². The smallest absolute Gasteiger partial charge is 0.354 e. The van der Waals surface area contributed by atoms with E-state index >= 15 is 0 Å². The first-order valence-electron chi connectivity index (χ1n) is 4.29. The van der Waals surface area contributed by atoms with Crippen molar-refractivity contribution in [1.82, 2.24) is 14.4 Å². The zero-order valence-corrected chi connectivity index (χ0v) is 7.64. The minimum atomic E-state index is -0.970. The molecule has 0 saturated heterocycles. The van der Waals surface area contributed by atoms with Crippen molar-refractivity contribution >= 4 is 11.7 Å². The largest absolute Gasteiger partial charge is 0.477 e. The van der Waals surface area contributed by atoms with Crippen molar-refractivity contribution in [2.75, 3.05) is 0 Å². The van der Waals surface area contributed by atoms with Crippen LogP contribution in [0.2, 0.25) is 0 Å². The number of carboxylic acid groups (broad SMARTS) is 1. The Morgan fingerprint density at radius 2 is 2.43 bits per heavy atom. The Hall–Kier alpha value is -1.91. The van der Waals surface area contributed by atoms with E-state index in [1.165, 1.54) is 4.40 Å². The van der Waals surface area contributed by atoms with Crippen molar-refractivity contribution in [1.29, 1.82) is 0 Å². The number of hydrogen-bond acceptors (Lipinski definition) is 3. The molecule has 0 bridgehead atoms. The SMILES string of the molecule is CCc1nc2ncccn2c1C(=O)O. The van der Waals surface area contributed by atoms with Gasteiger partial charge in [-0.25, -0.2) is 14.8 Å². The second-order valence-corrected chi connectivity index (χ2v) is 2.86. The van der Waals surface area contributed by atoms with Gasteiger partial charge in [-0.15, -0.1) is 0 Å². The highest BCUT2D eigenvalue weighted by atomic mass is 16.4. The summed E-state index contributed by atoms with van der Waals surface area (Å²) in [5.74, 6) is -0.538. The van der Waals surface area contributed by atoms with Crippen LogP contribution >= 0.6 is 0 Å². The molecular weight excluding hydrogens is 182 g/mol. The summed E-state index contributed by atoms with van der Waals surface area (Å²) in [5.41, 5.74) is 0.770. The van der Waals surface area contributed by atoms with Gasteiger partial charge in [0.1, 0.15) is 0 Å². The summed E-state index contributed by atoms with van der Waals surface area (Å²) in [7, 11) is 0. The monoisotopic (exact) mass is 191 g/mol. The fourth-order valence-corrected chi connectivity index (χ4v) is 1.41. The first-order chi connectivity index (χ1) is 6.74. The maximum Gasteiger partial charge on any atom is 0.354 e. The van der Waals surface area contributed by atoms with Crippen molar-refractivity contribution in [2.45, 2.75) is 13.3 Å². The van der Waals surface area contributed by atoms with Crippen molar-refractivity contribution in [3.8, 4) is 0 Å². The Bertz CT molecular complexity index is 490. The number of aryl methyl sites for hydroxylation is 1. The fraction of sp³-hybridized carbons (Fsp3) is 0.222. The van der Waals surface area contributed by atoms with Gasteiger partial charge in [0, 0.05) is 12.4 Å². The molecule has 0 unspecified atom stereocenters. The lowest BCUT2D eigenvalue weighted by Crippen LogP contribution is -2.04. The molecule has 0 aliphatic rings. The molecule has 72 valence electrons. The molecule has 5 nitrogen and oxygen atoms in total. The summed E-state index contributed by atoms with van der Waals surface area (Å²) in [6, 6.07) is 1.68. The lowest BCUT2D eigenvalue weighted by molar-refractivity contribution is 0.0688. The van der Waals surface area contributed by atoms with E-state index < -0.39 is 5.97 Å². The molecule has 0 aliphatic heterocycles. The van der Waals surface area contributed by atoms with Crippen LogP contribution in [0, 0.1) is 0 Å². The zero-order valence-electron chi connectivity index (χ0n) is 7.64. The van der Waals surface area contributed by atoms with Gasteiger partial charge < -0.3 is 5.11 Å². The third-order valence-electron chi connectivity index (χ3n) is 2.01. The fourth-order valence-electron chi connectivity index (χ4n) is 1.41. The Balaban J connectivity index is 2.81. The van der Waals surface area contributed by atoms with E-state index in [1.807, 2.05) is 6.92 Å². The average molecular weight is 191 g/mol. The highest BCUT2D eigenvalue weighted by Crippen LogP contribution is 2.11. The number of imidazole rings is 1. The van der Waals surface area contributed by atoms with E-state index in [-0.39, 0.29) is 5.69 Å². The van der Waals surface area contributed by atoms with E-state index in [0.29, 0.717) is 17.9 Å². The number of carbonyl (C=O) groups is 1. The highest BCUT2D eigenvalue weighted by Gasteiger charge is 2.16. The first kappa shape index (κ1) is 8.68. The van der Waals surface area contributed by atoms with Gasteiger partial charge in [0.25, 0.3) is 0 Å². The number of carboxylic acids is 1. The number of fused-ring (bicyclic) bond motifs is 1. The summed E-state index contributed by atoms with van der Waals surface area (Å²) >= 11 is 0. The molecule has 0 atom stereocenters. The van der Waals surface area contributed by atoms with Crippen LogP contribution in [0.1, 0.15) is 23.1 Å². The van der Waals surface area contributed by atoms with Crippen molar-refractivity contribution < 1.29 is 9.90 Å². The molecule has 14 heavy (non-hydrogen) atoms. The number of hydrogen-bond donors (Lipinski definition) is 1. The van der Waals surface area contributed by atoms with Crippen LogP contribution < -0.4 is 0 Å². The molecule has 1 N–H and O–H groups in total. The van der Waals surface area contributed by atoms with E-state index in [0.717, 1.165) is 0 Å². The summed E-state index contributed by atoms with van der Waals surface area (Å²) in [4.78, 5) is 19.1. The summed E-state index contributed by atoms with van der Waals surface area (Å²) in [5, 5.41) is 9.00.